The maximum Gasteiger partial charge on any atom is 0.242 e. The van der Waals surface area contributed by atoms with Crippen molar-refractivity contribution in [3.8, 4) is 5.75 Å². The number of likely N-dealkylation sites (tertiary alicyclic amines) is 1. The molecule has 4 fully saturated rings. The molecule has 4 unspecified atom stereocenters. The van der Waals surface area contributed by atoms with Crippen LogP contribution in [0.3, 0.4) is 0 Å². The number of piperidine rings is 1. The lowest BCUT2D eigenvalue weighted by Gasteiger charge is -2.48. The minimum Gasteiger partial charge on any atom is -0.490 e. The van der Waals surface area contributed by atoms with Crippen LogP contribution in [-0.4, -0.2) is 68.1 Å². The van der Waals surface area contributed by atoms with Gasteiger partial charge in [-0.25, -0.2) is 5.43 Å². The van der Waals surface area contributed by atoms with Crippen molar-refractivity contribution in [1.29, 1.82) is 0 Å². The Labute approximate surface area is 190 Å². The summed E-state index contributed by atoms with van der Waals surface area (Å²) in [6.07, 6.45) is 7.32. The second kappa shape index (κ2) is 10.4. The summed E-state index contributed by atoms with van der Waals surface area (Å²) in [7, 11) is 0. The zero-order valence-corrected chi connectivity index (χ0v) is 18.7. The molecule has 4 saturated heterocycles. The van der Waals surface area contributed by atoms with Crippen molar-refractivity contribution in [2.75, 3.05) is 38.0 Å². The molecular weight excluding hydrogens is 406 g/mol. The molecule has 1 aromatic carbocycles. The number of hydrogen-bond acceptors (Lipinski definition) is 8. The molecule has 5 rings (SSSR count). The van der Waals surface area contributed by atoms with E-state index in [-0.39, 0.29) is 36.4 Å². The summed E-state index contributed by atoms with van der Waals surface area (Å²) >= 11 is 0. The molecule has 4 heterocycles. The Morgan fingerprint density at radius 2 is 1.72 bits per heavy atom. The predicted octanol–water partition coefficient (Wildman–Crippen LogP) is 0.527. The average molecular weight is 444 g/mol. The van der Waals surface area contributed by atoms with Gasteiger partial charge in [0, 0.05) is 31.4 Å². The molecule has 0 spiro atoms. The number of carbonyl (C=O) groups excluding carboxylic acids is 1. The van der Waals surface area contributed by atoms with Crippen LogP contribution >= 0.6 is 0 Å². The number of rotatable bonds is 5. The first-order valence-corrected chi connectivity index (χ1v) is 12.3. The van der Waals surface area contributed by atoms with Gasteiger partial charge in [0.25, 0.3) is 0 Å². The van der Waals surface area contributed by atoms with Gasteiger partial charge in [-0.15, -0.1) is 0 Å². The molecule has 176 valence electrons. The minimum absolute atomic E-state index is 0.0129. The van der Waals surface area contributed by atoms with Gasteiger partial charge >= 0.3 is 0 Å². The maximum absolute atomic E-state index is 12.7. The number of fused-ring (bicyclic) bond motifs is 1. The molecule has 0 bridgehead atoms. The fraction of sp³-hybridized carbons (Fsp3) is 0.696. The van der Waals surface area contributed by atoms with Crippen molar-refractivity contribution >= 4 is 11.6 Å². The molecule has 6 N–H and O–H groups in total. The molecule has 1 aromatic rings. The van der Waals surface area contributed by atoms with Gasteiger partial charge in [0.2, 0.25) is 5.91 Å². The van der Waals surface area contributed by atoms with E-state index < -0.39 is 0 Å². The van der Waals surface area contributed by atoms with E-state index >= 15 is 0 Å². The van der Waals surface area contributed by atoms with Crippen LogP contribution in [-0.2, 0) is 4.79 Å². The van der Waals surface area contributed by atoms with E-state index in [9.17, 15) is 4.79 Å². The zero-order valence-electron chi connectivity index (χ0n) is 18.7. The Bertz CT molecular complexity index is 747. The van der Waals surface area contributed by atoms with Crippen molar-refractivity contribution in [2.45, 2.75) is 63.1 Å². The van der Waals surface area contributed by atoms with Crippen LogP contribution in [0.4, 0.5) is 5.69 Å². The van der Waals surface area contributed by atoms with Gasteiger partial charge in [-0.2, -0.15) is 0 Å². The van der Waals surface area contributed by atoms with Crippen LogP contribution in [0, 0.1) is 5.92 Å². The fourth-order valence-corrected chi connectivity index (χ4v) is 5.32. The van der Waals surface area contributed by atoms with Gasteiger partial charge in [-0.05, 0) is 63.0 Å². The lowest BCUT2D eigenvalue weighted by Crippen LogP contribution is -2.76. The summed E-state index contributed by atoms with van der Waals surface area (Å²) < 4.78 is 6.14. The van der Waals surface area contributed by atoms with Crippen molar-refractivity contribution in [1.82, 2.24) is 31.7 Å². The molecular formula is C23H37N7O2. The molecule has 4 atom stereocenters. The van der Waals surface area contributed by atoms with Crippen LogP contribution in [0.25, 0.3) is 0 Å². The standard InChI is InChI=1S/C23H37N7O2/c31-22-20-19(15-25-29-22)27-23(30-13-3-1-2-4-14-30)28-21(20)26-16-5-7-17(8-6-16)32-18-9-11-24-12-10-18/h5-8,18-21,23-28H,1-4,9-15H2,(H,29,31). The van der Waals surface area contributed by atoms with E-state index in [1.54, 1.807) is 0 Å². The Hall–Kier alpha value is -1.91. The van der Waals surface area contributed by atoms with E-state index in [1.165, 1.54) is 25.7 Å². The Kier molecular flexibility index (Phi) is 7.09. The molecule has 0 aliphatic carbocycles. The lowest BCUT2D eigenvalue weighted by molar-refractivity contribution is -0.132. The summed E-state index contributed by atoms with van der Waals surface area (Å²) in [5.41, 5.74) is 6.84. The molecule has 4 aliphatic rings. The van der Waals surface area contributed by atoms with Crippen LogP contribution in [0.5, 0.6) is 5.75 Å². The molecule has 0 saturated carbocycles. The van der Waals surface area contributed by atoms with Gasteiger partial charge < -0.3 is 15.4 Å². The van der Waals surface area contributed by atoms with Crippen LogP contribution in [0.2, 0.25) is 0 Å². The number of anilines is 1. The second-order valence-electron chi connectivity index (χ2n) is 9.40. The third kappa shape index (κ3) is 5.18. The third-order valence-electron chi connectivity index (χ3n) is 7.11. The molecule has 9 nitrogen and oxygen atoms in total. The van der Waals surface area contributed by atoms with Crippen molar-refractivity contribution in [3.05, 3.63) is 24.3 Å². The number of hydrogen-bond donors (Lipinski definition) is 6. The quantitative estimate of drug-likeness (QED) is 0.392. The summed E-state index contributed by atoms with van der Waals surface area (Å²) in [5, 5.41) is 14.3. The van der Waals surface area contributed by atoms with Crippen LogP contribution in [0.1, 0.15) is 38.5 Å². The van der Waals surface area contributed by atoms with Gasteiger partial charge in [0.15, 0.2) is 0 Å². The van der Waals surface area contributed by atoms with Gasteiger partial charge in [0.1, 0.15) is 18.1 Å². The maximum atomic E-state index is 12.7. The topological polar surface area (TPSA) is 102 Å². The first-order valence-electron chi connectivity index (χ1n) is 12.3. The largest absolute Gasteiger partial charge is 0.490 e. The van der Waals surface area contributed by atoms with Gasteiger partial charge in [-0.1, -0.05) is 12.8 Å². The van der Waals surface area contributed by atoms with Crippen LogP contribution in [0.15, 0.2) is 24.3 Å². The number of nitrogens with zero attached hydrogens (tertiary/aromatic N) is 1. The Morgan fingerprint density at radius 3 is 2.47 bits per heavy atom. The van der Waals surface area contributed by atoms with Gasteiger partial charge in [-0.3, -0.25) is 25.8 Å². The summed E-state index contributed by atoms with van der Waals surface area (Å²) in [6, 6.07) is 8.22. The molecule has 0 aromatic heterocycles. The lowest BCUT2D eigenvalue weighted by atomic mass is 9.91. The highest BCUT2D eigenvalue weighted by molar-refractivity contribution is 5.81. The van der Waals surface area contributed by atoms with E-state index in [1.807, 2.05) is 12.1 Å². The Morgan fingerprint density at radius 1 is 0.969 bits per heavy atom. The number of nitrogens with one attached hydrogen (secondary N) is 6. The molecule has 1 amide bonds. The SMILES string of the molecule is O=C1NNCC2NC(N3CCCCCC3)NC(Nc3ccc(OC4CCNCC4)cc3)C12. The number of amides is 1. The minimum atomic E-state index is -0.204. The van der Waals surface area contributed by atoms with E-state index in [0.717, 1.165) is 50.5 Å². The first kappa shape index (κ1) is 21.9. The van der Waals surface area contributed by atoms with E-state index in [2.05, 4.69) is 49.2 Å². The molecule has 32 heavy (non-hydrogen) atoms. The van der Waals surface area contributed by atoms with Crippen LogP contribution < -0.4 is 36.9 Å². The van der Waals surface area contributed by atoms with Gasteiger partial charge in [0.05, 0.1) is 12.1 Å². The molecule has 4 aliphatic heterocycles. The normalized spacial score (nSPS) is 32.4. The third-order valence-corrected chi connectivity index (χ3v) is 7.11. The smallest absolute Gasteiger partial charge is 0.242 e. The molecule has 9 heteroatoms. The fourth-order valence-electron chi connectivity index (χ4n) is 5.32. The number of ether oxygens (including phenoxy) is 1. The summed E-state index contributed by atoms with van der Waals surface area (Å²) in [5.74, 6) is 0.713. The zero-order chi connectivity index (χ0) is 21.8. The summed E-state index contributed by atoms with van der Waals surface area (Å²) in [4.78, 5) is 15.2. The summed E-state index contributed by atoms with van der Waals surface area (Å²) in [6.45, 7) is 4.91. The second-order valence-corrected chi connectivity index (χ2v) is 9.40. The first-order chi connectivity index (χ1) is 15.8. The van der Waals surface area contributed by atoms with Crippen molar-refractivity contribution in [3.63, 3.8) is 0 Å². The highest BCUT2D eigenvalue weighted by Gasteiger charge is 2.44. The highest BCUT2D eigenvalue weighted by atomic mass is 16.5. The number of benzene rings is 1. The van der Waals surface area contributed by atoms with E-state index in [4.69, 9.17) is 4.74 Å². The predicted molar refractivity (Wildman–Crippen MR) is 124 cm³/mol. The number of carbonyl (C=O) groups is 1. The monoisotopic (exact) mass is 443 g/mol. The van der Waals surface area contributed by atoms with Crippen molar-refractivity contribution in [2.24, 2.45) is 5.92 Å². The average Bonchev–Trinajstić information content (AvgIpc) is 3.11. The van der Waals surface area contributed by atoms with E-state index in [0.29, 0.717) is 6.54 Å². The van der Waals surface area contributed by atoms with Crippen molar-refractivity contribution < 1.29 is 9.53 Å². The highest BCUT2D eigenvalue weighted by Crippen LogP contribution is 2.24. The number of hydrazine groups is 1. The molecule has 0 radical (unpaired) electrons. The Balaban J connectivity index is 1.26.